The molecule has 2 rings (SSSR count). The number of thioether (sulfide) groups is 1. The van der Waals surface area contributed by atoms with Crippen LogP contribution in [0.25, 0.3) is 0 Å². The fraction of sp³-hybridized carbons (Fsp3) is 0.222. The number of hydrogen-bond donors (Lipinski definition) is 0. The van der Waals surface area contributed by atoms with Crippen LogP contribution in [-0.4, -0.2) is 6.29 Å². The summed E-state index contributed by atoms with van der Waals surface area (Å²) in [6.07, 6.45) is 3.90. The molecule has 1 aliphatic rings. The molecule has 1 aromatic heterocycles. The van der Waals surface area contributed by atoms with Crippen molar-refractivity contribution in [2.45, 2.75) is 11.2 Å². The Balaban J connectivity index is 2.34. The summed E-state index contributed by atoms with van der Waals surface area (Å²) in [5, 5.41) is 2.01. The third-order valence-corrected chi connectivity index (χ3v) is 5.17. The number of aldehydes is 1. The first-order valence-electron chi connectivity index (χ1n) is 3.82. The third kappa shape index (κ3) is 1.63. The van der Waals surface area contributed by atoms with E-state index >= 15 is 0 Å². The second kappa shape index (κ2) is 3.59. The fourth-order valence-corrected chi connectivity index (χ4v) is 4.28. The molecule has 0 aliphatic carbocycles. The Hall–Kier alpha value is -0.0600. The molecule has 0 saturated heterocycles. The summed E-state index contributed by atoms with van der Waals surface area (Å²) >= 11 is 6.64. The third-order valence-electron chi connectivity index (χ3n) is 1.97. The summed E-state index contributed by atoms with van der Waals surface area (Å²) in [4.78, 5) is 12.2. The van der Waals surface area contributed by atoms with Gasteiger partial charge in [-0.05, 0) is 33.8 Å². The summed E-state index contributed by atoms with van der Waals surface area (Å²) in [5.74, 6) is 0. The lowest BCUT2D eigenvalue weighted by atomic mass is 10.1. The van der Waals surface area contributed by atoms with Crippen LogP contribution in [0.2, 0.25) is 0 Å². The predicted molar refractivity (Wildman–Crippen MR) is 61.3 cm³/mol. The highest BCUT2D eigenvalue weighted by atomic mass is 79.9. The summed E-state index contributed by atoms with van der Waals surface area (Å²) in [7, 11) is 0. The second-order valence-electron chi connectivity index (χ2n) is 2.80. The van der Waals surface area contributed by atoms with Crippen molar-refractivity contribution in [2.75, 3.05) is 0 Å². The minimum Gasteiger partial charge on any atom is -0.301 e. The molecule has 0 fully saturated rings. The molecule has 0 spiro atoms. The SMILES string of the molecule is O=CC1(c2cccs2)CC=C(Br)S1. The average Bonchev–Trinajstić information content (AvgIpc) is 2.73. The maximum absolute atomic E-state index is 11.1. The molecule has 1 aliphatic heterocycles. The van der Waals surface area contributed by atoms with Crippen LogP contribution in [-0.2, 0) is 9.54 Å². The zero-order valence-corrected chi connectivity index (χ0v) is 9.92. The molecular formula is C9H7BrOS2. The maximum atomic E-state index is 11.1. The monoisotopic (exact) mass is 274 g/mol. The van der Waals surface area contributed by atoms with Crippen LogP contribution in [0.1, 0.15) is 11.3 Å². The van der Waals surface area contributed by atoms with E-state index in [1.54, 1.807) is 23.1 Å². The minimum atomic E-state index is -0.354. The summed E-state index contributed by atoms with van der Waals surface area (Å²) in [5.41, 5.74) is 0. The van der Waals surface area contributed by atoms with Gasteiger partial charge >= 0.3 is 0 Å². The molecule has 13 heavy (non-hydrogen) atoms. The molecule has 0 radical (unpaired) electrons. The Kier molecular flexibility index (Phi) is 2.62. The van der Waals surface area contributed by atoms with Crippen molar-refractivity contribution in [3.8, 4) is 0 Å². The van der Waals surface area contributed by atoms with Gasteiger partial charge < -0.3 is 4.79 Å². The number of carbonyl (C=O) groups is 1. The van der Waals surface area contributed by atoms with Crippen molar-refractivity contribution in [3.05, 3.63) is 32.3 Å². The first-order valence-corrected chi connectivity index (χ1v) is 6.31. The van der Waals surface area contributed by atoms with Gasteiger partial charge in [-0.15, -0.1) is 11.3 Å². The Morgan fingerprint density at radius 1 is 1.62 bits per heavy atom. The van der Waals surface area contributed by atoms with E-state index in [1.165, 1.54) is 0 Å². The number of rotatable bonds is 2. The lowest BCUT2D eigenvalue weighted by Gasteiger charge is -2.18. The lowest BCUT2D eigenvalue weighted by Crippen LogP contribution is -2.18. The molecular weight excluding hydrogens is 268 g/mol. The molecule has 1 unspecified atom stereocenters. The quantitative estimate of drug-likeness (QED) is 0.768. The number of thiophene rings is 1. The largest absolute Gasteiger partial charge is 0.301 e. The first-order chi connectivity index (χ1) is 6.27. The Labute approximate surface area is 93.4 Å². The van der Waals surface area contributed by atoms with Gasteiger partial charge in [-0.2, -0.15) is 0 Å². The van der Waals surface area contributed by atoms with Gasteiger partial charge in [0.05, 0.1) is 0 Å². The van der Waals surface area contributed by atoms with Crippen LogP contribution in [0.4, 0.5) is 0 Å². The topological polar surface area (TPSA) is 17.1 Å². The molecule has 0 amide bonds. The van der Waals surface area contributed by atoms with E-state index in [2.05, 4.69) is 22.0 Å². The zero-order chi connectivity index (χ0) is 9.31. The van der Waals surface area contributed by atoms with Crippen LogP contribution in [0.15, 0.2) is 27.4 Å². The van der Waals surface area contributed by atoms with Crippen molar-refractivity contribution in [3.63, 3.8) is 0 Å². The van der Waals surface area contributed by atoms with Crippen molar-refractivity contribution < 1.29 is 4.79 Å². The van der Waals surface area contributed by atoms with Crippen LogP contribution in [0.5, 0.6) is 0 Å². The predicted octanol–water partition coefficient (Wildman–Crippen LogP) is 3.52. The molecule has 0 N–H and O–H groups in total. The normalized spacial score (nSPS) is 27.3. The van der Waals surface area contributed by atoms with E-state index in [0.717, 1.165) is 21.4 Å². The molecule has 1 atom stereocenters. The van der Waals surface area contributed by atoms with E-state index < -0.39 is 0 Å². The van der Waals surface area contributed by atoms with Gasteiger partial charge in [-0.1, -0.05) is 23.9 Å². The van der Waals surface area contributed by atoms with Gasteiger partial charge in [0.1, 0.15) is 11.0 Å². The maximum Gasteiger partial charge on any atom is 0.142 e. The number of allylic oxidation sites excluding steroid dienone is 1. The van der Waals surface area contributed by atoms with Gasteiger partial charge in [0, 0.05) is 8.69 Å². The van der Waals surface area contributed by atoms with Gasteiger partial charge in [0.2, 0.25) is 0 Å². The Morgan fingerprint density at radius 3 is 2.92 bits per heavy atom. The molecule has 2 heterocycles. The van der Waals surface area contributed by atoms with E-state index in [1.807, 2.05) is 17.5 Å². The van der Waals surface area contributed by atoms with Crippen molar-refractivity contribution in [1.29, 1.82) is 0 Å². The molecule has 1 nitrogen and oxygen atoms in total. The highest BCUT2D eigenvalue weighted by Crippen LogP contribution is 2.51. The van der Waals surface area contributed by atoms with Crippen LogP contribution in [0, 0.1) is 0 Å². The van der Waals surface area contributed by atoms with E-state index in [0.29, 0.717) is 0 Å². The molecule has 0 aromatic carbocycles. The second-order valence-corrected chi connectivity index (χ2v) is 6.50. The molecule has 0 bridgehead atoms. The first kappa shape index (κ1) is 9.49. The van der Waals surface area contributed by atoms with E-state index in [4.69, 9.17) is 0 Å². The van der Waals surface area contributed by atoms with Crippen molar-refractivity contribution in [2.24, 2.45) is 0 Å². The smallest absolute Gasteiger partial charge is 0.142 e. The van der Waals surface area contributed by atoms with Gasteiger partial charge in [0.25, 0.3) is 0 Å². The standard InChI is InChI=1S/C9H7BrOS2/c10-8-3-4-9(6-11,13-8)7-2-1-5-12-7/h1-3,5-6H,4H2. The molecule has 68 valence electrons. The van der Waals surface area contributed by atoms with Gasteiger partial charge in [-0.25, -0.2) is 0 Å². The Bertz CT molecular complexity index is 345. The Morgan fingerprint density at radius 2 is 2.46 bits per heavy atom. The highest BCUT2D eigenvalue weighted by Gasteiger charge is 2.37. The minimum absolute atomic E-state index is 0.354. The number of halogens is 1. The van der Waals surface area contributed by atoms with Crippen LogP contribution in [0.3, 0.4) is 0 Å². The fourth-order valence-electron chi connectivity index (χ4n) is 1.29. The molecule has 0 saturated carbocycles. The zero-order valence-electron chi connectivity index (χ0n) is 6.70. The lowest BCUT2D eigenvalue weighted by molar-refractivity contribution is -0.109. The summed E-state index contributed by atoms with van der Waals surface area (Å²) in [6.45, 7) is 0. The average molecular weight is 275 g/mol. The van der Waals surface area contributed by atoms with Crippen molar-refractivity contribution in [1.82, 2.24) is 0 Å². The molecule has 4 heteroatoms. The van der Waals surface area contributed by atoms with Crippen LogP contribution >= 0.6 is 39.0 Å². The van der Waals surface area contributed by atoms with Gasteiger partial charge in [-0.3, -0.25) is 0 Å². The van der Waals surface area contributed by atoms with E-state index in [9.17, 15) is 4.79 Å². The summed E-state index contributed by atoms with van der Waals surface area (Å²) in [6, 6.07) is 4.00. The molecule has 1 aromatic rings. The van der Waals surface area contributed by atoms with Crippen LogP contribution < -0.4 is 0 Å². The van der Waals surface area contributed by atoms with E-state index in [-0.39, 0.29) is 4.75 Å². The number of hydrogen-bond acceptors (Lipinski definition) is 3. The summed E-state index contributed by atoms with van der Waals surface area (Å²) < 4.78 is 0.709. The number of carbonyl (C=O) groups excluding carboxylic acids is 1. The van der Waals surface area contributed by atoms with Crippen molar-refractivity contribution >= 4 is 45.3 Å². The highest BCUT2D eigenvalue weighted by molar-refractivity contribution is 9.14. The van der Waals surface area contributed by atoms with Gasteiger partial charge in [0.15, 0.2) is 0 Å².